The zero-order valence-corrected chi connectivity index (χ0v) is 19.6. The Morgan fingerprint density at radius 2 is 1.84 bits per heavy atom. The number of aromatic nitrogens is 2. The standard InChI is InChI=1S/C24H27ClN4O3/c1-14-12-18(27-17-8-6-16(25)7-9-17)21-19(29(14)15(2)30)10-11-20-22(21)26-13-28(20)23(31)32-24(3,4)5/h6-11,13-14,18,27H,12H2,1-5H3/t14-,18+/m0/s1. The number of carbonyl (C=O) groups is 2. The lowest BCUT2D eigenvalue weighted by molar-refractivity contribution is -0.117. The lowest BCUT2D eigenvalue weighted by Gasteiger charge is -2.39. The van der Waals surface area contributed by atoms with E-state index in [1.165, 1.54) is 10.9 Å². The Bertz CT molecular complexity index is 1180. The summed E-state index contributed by atoms with van der Waals surface area (Å²) in [6.45, 7) is 9.07. The maximum Gasteiger partial charge on any atom is 0.420 e. The van der Waals surface area contributed by atoms with Gasteiger partial charge in [0, 0.05) is 29.2 Å². The van der Waals surface area contributed by atoms with E-state index in [1.54, 1.807) is 11.8 Å². The third-order valence-corrected chi connectivity index (χ3v) is 5.73. The zero-order valence-electron chi connectivity index (χ0n) is 18.8. The van der Waals surface area contributed by atoms with Crippen molar-refractivity contribution >= 4 is 46.0 Å². The summed E-state index contributed by atoms with van der Waals surface area (Å²) in [4.78, 5) is 31.6. The lowest BCUT2D eigenvalue weighted by Crippen LogP contribution is -2.43. The number of halogens is 1. The summed E-state index contributed by atoms with van der Waals surface area (Å²) in [6, 6.07) is 11.1. The predicted molar refractivity (Wildman–Crippen MR) is 126 cm³/mol. The van der Waals surface area contributed by atoms with Crippen LogP contribution >= 0.6 is 11.6 Å². The number of imidazole rings is 1. The minimum absolute atomic E-state index is 0.00445. The van der Waals surface area contributed by atoms with E-state index in [9.17, 15) is 9.59 Å². The number of benzene rings is 2. The quantitative estimate of drug-likeness (QED) is 0.531. The minimum Gasteiger partial charge on any atom is -0.443 e. The molecule has 1 amide bonds. The van der Waals surface area contributed by atoms with Crippen molar-refractivity contribution in [1.82, 2.24) is 9.55 Å². The van der Waals surface area contributed by atoms with Crippen LogP contribution in [0.3, 0.4) is 0 Å². The van der Waals surface area contributed by atoms with Gasteiger partial charge in [0.1, 0.15) is 11.9 Å². The molecule has 1 aromatic heterocycles. The molecular formula is C24H27ClN4O3. The van der Waals surface area contributed by atoms with E-state index in [2.05, 4.69) is 10.3 Å². The van der Waals surface area contributed by atoms with Gasteiger partial charge in [-0.25, -0.2) is 14.3 Å². The number of fused-ring (bicyclic) bond motifs is 3. The normalized spacial score (nSPS) is 18.4. The molecule has 0 saturated heterocycles. The molecule has 0 aliphatic carbocycles. The summed E-state index contributed by atoms with van der Waals surface area (Å²) in [5.74, 6) is -0.0328. The number of hydrogen-bond acceptors (Lipinski definition) is 5. The molecule has 2 heterocycles. The highest BCUT2D eigenvalue weighted by Gasteiger charge is 2.35. The first-order valence-corrected chi connectivity index (χ1v) is 11.0. The molecule has 0 radical (unpaired) electrons. The van der Waals surface area contributed by atoms with Crippen molar-refractivity contribution in [1.29, 1.82) is 0 Å². The number of nitrogens with one attached hydrogen (secondary N) is 1. The molecule has 1 aliphatic heterocycles. The monoisotopic (exact) mass is 454 g/mol. The molecule has 0 fully saturated rings. The third kappa shape index (κ3) is 4.17. The fourth-order valence-electron chi connectivity index (χ4n) is 4.26. The van der Waals surface area contributed by atoms with Gasteiger partial charge in [-0.3, -0.25) is 4.79 Å². The van der Waals surface area contributed by atoms with Crippen LogP contribution in [0.1, 0.15) is 52.6 Å². The first kappa shape index (κ1) is 22.1. The molecule has 0 unspecified atom stereocenters. The van der Waals surface area contributed by atoms with Crippen LogP contribution in [0.5, 0.6) is 0 Å². The molecule has 0 spiro atoms. The van der Waals surface area contributed by atoms with Gasteiger partial charge in [-0.1, -0.05) is 11.6 Å². The van der Waals surface area contributed by atoms with Gasteiger partial charge >= 0.3 is 6.09 Å². The van der Waals surface area contributed by atoms with Gasteiger partial charge in [0.25, 0.3) is 0 Å². The Morgan fingerprint density at radius 3 is 2.47 bits per heavy atom. The Labute approximate surface area is 192 Å². The molecule has 2 aromatic carbocycles. The third-order valence-electron chi connectivity index (χ3n) is 5.47. The molecule has 168 valence electrons. The van der Waals surface area contributed by atoms with Crippen LogP contribution in [0.4, 0.5) is 16.2 Å². The smallest absolute Gasteiger partial charge is 0.420 e. The van der Waals surface area contributed by atoms with E-state index in [-0.39, 0.29) is 18.0 Å². The van der Waals surface area contributed by atoms with E-state index >= 15 is 0 Å². The zero-order chi connectivity index (χ0) is 23.2. The van der Waals surface area contributed by atoms with Crippen LogP contribution in [0, 0.1) is 0 Å². The van der Waals surface area contributed by atoms with Crippen LogP contribution in [0.25, 0.3) is 11.0 Å². The van der Waals surface area contributed by atoms with Gasteiger partial charge in [-0.2, -0.15) is 0 Å². The number of carbonyl (C=O) groups excluding carboxylic acids is 2. The van der Waals surface area contributed by atoms with Gasteiger partial charge < -0.3 is 15.0 Å². The van der Waals surface area contributed by atoms with E-state index in [0.29, 0.717) is 22.5 Å². The summed E-state index contributed by atoms with van der Waals surface area (Å²) < 4.78 is 6.95. The van der Waals surface area contributed by atoms with Crippen molar-refractivity contribution in [2.24, 2.45) is 0 Å². The van der Waals surface area contributed by atoms with Gasteiger partial charge in [-0.05, 0) is 70.5 Å². The molecule has 32 heavy (non-hydrogen) atoms. The number of nitrogens with zero attached hydrogens (tertiary/aromatic N) is 3. The lowest BCUT2D eigenvalue weighted by atomic mass is 9.90. The van der Waals surface area contributed by atoms with Crippen molar-refractivity contribution in [2.75, 3.05) is 10.2 Å². The maximum absolute atomic E-state index is 12.7. The van der Waals surface area contributed by atoms with Crippen molar-refractivity contribution in [3.05, 3.63) is 53.3 Å². The highest BCUT2D eigenvalue weighted by molar-refractivity contribution is 6.30. The van der Waals surface area contributed by atoms with Crippen molar-refractivity contribution in [2.45, 2.75) is 58.7 Å². The summed E-state index contributed by atoms with van der Waals surface area (Å²) in [5.41, 5.74) is 3.27. The number of anilines is 2. The highest BCUT2D eigenvalue weighted by atomic mass is 35.5. The fraction of sp³-hybridized carbons (Fsp3) is 0.375. The molecular weight excluding hydrogens is 428 g/mol. The van der Waals surface area contributed by atoms with Gasteiger partial charge in [-0.15, -0.1) is 0 Å². The average molecular weight is 455 g/mol. The van der Waals surface area contributed by atoms with Crippen molar-refractivity contribution in [3.8, 4) is 0 Å². The molecule has 4 rings (SSSR count). The molecule has 1 N–H and O–H groups in total. The second-order valence-corrected chi connectivity index (χ2v) is 9.58. The molecule has 8 heteroatoms. The van der Waals surface area contributed by atoms with Crippen molar-refractivity contribution < 1.29 is 14.3 Å². The Balaban J connectivity index is 1.83. The molecule has 0 bridgehead atoms. The topological polar surface area (TPSA) is 76.5 Å². The summed E-state index contributed by atoms with van der Waals surface area (Å²) in [6.07, 6.45) is 1.68. The van der Waals surface area contributed by atoms with Crippen LogP contribution in [0.2, 0.25) is 5.02 Å². The van der Waals surface area contributed by atoms with E-state index < -0.39 is 11.7 Å². The summed E-state index contributed by atoms with van der Waals surface area (Å²) in [5, 5.41) is 4.22. The molecule has 7 nitrogen and oxygen atoms in total. The predicted octanol–water partition coefficient (Wildman–Crippen LogP) is 5.77. The van der Waals surface area contributed by atoms with Gasteiger partial charge in [0.15, 0.2) is 0 Å². The SMILES string of the molecule is CC(=O)N1c2ccc3c(ncn3C(=O)OC(C)(C)C)c2[C@H](Nc2ccc(Cl)cc2)C[C@@H]1C. The van der Waals surface area contributed by atoms with Crippen LogP contribution in [-0.2, 0) is 9.53 Å². The largest absolute Gasteiger partial charge is 0.443 e. The van der Waals surface area contributed by atoms with Crippen LogP contribution in [0.15, 0.2) is 42.7 Å². The first-order chi connectivity index (χ1) is 15.0. The minimum atomic E-state index is -0.624. The van der Waals surface area contributed by atoms with Gasteiger partial charge in [0.05, 0.1) is 22.8 Å². The molecule has 1 aliphatic rings. The number of hydrogen-bond donors (Lipinski definition) is 1. The Kier molecular flexibility index (Phi) is 5.63. The fourth-order valence-corrected chi connectivity index (χ4v) is 4.39. The Morgan fingerprint density at radius 1 is 1.16 bits per heavy atom. The molecule has 0 saturated carbocycles. The second-order valence-electron chi connectivity index (χ2n) is 9.14. The van der Waals surface area contributed by atoms with Crippen LogP contribution < -0.4 is 10.2 Å². The van der Waals surface area contributed by atoms with E-state index in [0.717, 1.165) is 16.9 Å². The number of ether oxygens (including phenoxy) is 1. The second kappa shape index (κ2) is 8.13. The highest BCUT2D eigenvalue weighted by Crippen LogP contribution is 2.42. The van der Waals surface area contributed by atoms with Gasteiger partial charge in [0.2, 0.25) is 5.91 Å². The van der Waals surface area contributed by atoms with E-state index in [1.807, 2.05) is 64.1 Å². The average Bonchev–Trinajstić information content (AvgIpc) is 3.12. The number of rotatable bonds is 2. The summed E-state index contributed by atoms with van der Waals surface area (Å²) in [7, 11) is 0. The Hall–Kier alpha value is -3.06. The van der Waals surface area contributed by atoms with E-state index in [4.69, 9.17) is 16.3 Å². The maximum atomic E-state index is 12.7. The number of amides is 1. The molecule has 3 aromatic rings. The van der Waals surface area contributed by atoms with Crippen molar-refractivity contribution in [3.63, 3.8) is 0 Å². The summed E-state index contributed by atoms with van der Waals surface area (Å²) >= 11 is 6.04. The molecule has 2 atom stereocenters. The van der Waals surface area contributed by atoms with Crippen LogP contribution in [-0.4, -0.2) is 33.2 Å². The first-order valence-electron chi connectivity index (χ1n) is 10.6.